The SMILES string of the molecule is FC(F)(F)Oc1ccc(-c2cc(Br)c(-n3ccnc3)c3c2OCC3)cc1. The van der Waals surface area contributed by atoms with Gasteiger partial charge < -0.3 is 14.0 Å². The summed E-state index contributed by atoms with van der Waals surface area (Å²) in [7, 11) is 0. The maximum Gasteiger partial charge on any atom is 0.573 e. The predicted molar refractivity (Wildman–Crippen MR) is 92.6 cm³/mol. The Labute approximate surface area is 155 Å². The molecule has 0 fully saturated rings. The first-order valence-electron chi connectivity index (χ1n) is 7.75. The molecule has 26 heavy (non-hydrogen) atoms. The molecule has 4 rings (SSSR count). The van der Waals surface area contributed by atoms with Crippen molar-refractivity contribution < 1.29 is 22.6 Å². The highest BCUT2D eigenvalue weighted by Crippen LogP contribution is 2.44. The van der Waals surface area contributed by atoms with Crippen LogP contribution in [0.25, 0.3) is 16.8 Å². The summed E-state index contributed by atoms with van der Waals surface area (Å²) in [6.07, 6.45) is 1.29. The van der Waals surface area contributed by atoms with E-state index in [0.29, 0.717) is 6.61 Å². The van der Waals surface area contributed by atoms with Crippen molar-refractivity contribution in [2.45, 2.75) is 12.8 Å². The summed E-state index contributed by atoms with van der Waals surface area (Å²) in [6, 6.07) is 7.66. The highest BCUT2D eigenvalue weighted by Gasteiger charge is 2.31. The molecule has 0 aliphatic carbocycles. The third-order valence-electron chi connectivity index (χ3n) is 4.06. The molecule has 0 spiro atoms. The minimum Gasteiger partial charge on any atom is -0.492 e. The molecule has 134 valence electrons. The highest BCUT2D eigenvalue weighted by molar-refractivity contribution is 9.10. The summed E-state index contributed by atoms with van der Waals surface area (Å²) < 4.78 is 49.5. The van der Waals surface area contributed by atoms with Crippen molar-refractivity contribution >= 4 is 15.9 Å². The van der Waals surface area contributed by atoms with Crippen LogP contribution in [0.15, 0.2) is 53.5 Å². The Hall–Kier alpha value is -2.48. The molecule has 0 N–H and O–H groups in total. The van der Waals surface area contributed by atoms with E-state index < -0.39 is 6.36 Å². The van der Waals surface area contributed by atoms with Crippen molar-refractivity contribution in [3.8, 4) is 28.3 Å². The van der Waals surface area contributed by atoms with Gasteiger partial charge in [-0.05, 0) is 39.7 Å². The van der Waals surface area contributed by atoms with Crippen LogP contribution in [-0.4, -0.2) is 22.5 Å². The first kappa shape index (κ1) is 17.0. The van der Waals surface area contributed by atoms with Crippen LogP contribution in [0.4, 0.5) is 13.2 Å². The molecule has 0 bridgehead atoms. The monoisotopic (exact) mass is 424 g/mol. The van der Waals surface area contributed by atoms with Gasteiger partial charge in [0, 0.05) is 34.4 Å². The lowest BCUT2D eigenvalue weighted by Gasteiger charge is -2.15. The summed E-state index contributed by atoms with van der Waals surface area (Å²) in [6.45, 7) is 0.551. The van der Waals surface area contributed by atoms with Crippen molar-refractivity contribution in [2.75, 3.05) is 6.61 Å². The lowest BCUT2D eigenvalue weighted by atomic mass is 9.99. The molecule has 0 saturated heterocycles. The zero-order chi connectivity index (χ0) is 18.3. The molecule has 0 atom stereocenters. The third kappa shape index (κ3) is 3.16. The maximum absolute atomic E-state index is 12.3. The van der Waals surface area contributed by atoms with Crippen molar-refractivity contribution in [1.29, 1.82) is 0 Å². The number of alkyl halides is 3. The summed E-state index contributed by atoms with van der Waals surface area (Å²) in [4.78, 5) is 4.08. The number of hydrogen-bond acceptors (Lipinski definition) is 3. The van der Waals surface area contributed by atoms with Crippen LogP contribution in [0.5, 0.6) is 11.5 Å². The average molecular weight is 425 g/mol. The number of aromatic nitrogens is 2. The molecular formula is C18H12BrF3N2O2. The lowest BCUT2D eigenvalue weighted by Crippen LogP contribution is -2.16. The topological polar surface area (TPSA) is 36.3 Å². The van der Waals surface area contributed by atoms with Gasteiger partial charge in [0.1, 0.15) is 11.5 Å². The van der Waals surface area contributed by atoms with E-state index in [4.69, 9.17) is 4.74 Å². The number of fused-ring (bicyclic) bond motifs is 1. The maximum atomic E-state index is 12.3. The Morgan fingerprint density at radius 2 is 1.96 bits per heavy atom. The molecule has 1 aliphatic rings. The predicted octanol–water partition coefficient (Wildman–Crippen LogP) is 5.14. The van der Waals surface area contributed by atoms with Gasteiger partial charge in [-0.3, -0.25) is 0 Å². The molecule has 0 amide bonds. The largest absolute Gasteiger partial charge is 0.573 e. The molecule has 2 heterocycles. The normalized spacial score (nSPS) is 13.4. The second-order valence-corrected chi connectivity index (χ2v) is 6.56. The first-order valence-corrected chi connectivity index (χ1v) is 8.54. The second kappa shape index (κ2) is 6.35. The average Bonchev–Trinajstić information content (AvgIpc) is 3.25. The first-order chi connectivity index (χ1) is 12.4. The molecule has 2 aromatic carbocycles. The van der Waals surface area contributed by atoms with Crippen molar-refractivity contribution in [3.63, 3.8) is 0 Å². The fourth-order valence-corrected chi connectivity index (χ4v) is 3.72. The van der Waals surface area contributed by atoms with Crippen LogP contribution >= 0.6 is 15.9 Å². The molecule has 3 aromatic rings. The Morgan fingerprint density at radius 3 is 2.62 bits per heavy atom. The van der Waals surface area contributed by atoms with Gasteiger partial charge in [0.15, 0.2) is 0 Å². The van der Waals surface area contributed by atoms with Gasteiger partial charge in [0.25, 0.3) is 0 Å². The van der Waals surface area contributed by atoms with E-state index in [-0.39, 0.29) is 5.75 Å². The molecule has 1 aliphatic heterocycles. The Kier molecular flexibility index (Phi) is 4.14. The van der Waals surface area contributed by atoms with Crippen molar-refractivity contribution in [2.24, 2.45) is 0 Å². The van der Waals surface area contributed by atoms with Crippen molar-refractivity contribution in [1.82, 2.24) is 9.55 Å². The van der Waals surface area contributed by atoms with Gasteiger partial charge in [-0.2, -0.15) is 0 Å². The molecule has 0 unspecified atom stereocenters. The summed E-state index contributed by atoms with van der Waals surface area (Å²) >= 11 is 3.60. The number of imidazole rings is 1. The van der Waals surface area contributed by atoms with Crippen LogP contribution in [0.3, 0.4) is 0 Å². The summed E-state index contributed by atoms with van der Waals surface area (Å²) in [5, 5.41) is 0. The van der Waals surface area contributed by atoms with Gasteiger partial charge >= 0.3 is 6.36 Å². The molecular weight excluding hydrogens is 413 g/mol. The van der Waals surface area contributed by atoms with Crippen LogP contribution in [0.1, 0.15) is 5.56 Å². The minimum absolute atomic E-state index is 0.257. The molecule has 0 saturated carbocycles. The number of benzene rings is 2. The third-order valence-corrected chi connectivity index (χ3v) is 4.67. The molecule has 1 aromatic heterocycles. The quantitative estimate of drug-likeness (QED) is 0.584. The molecule has 8 heteroatoms. The molecule has 0 radical (unpaired) electrons. The van der Waals surface area contributed by atoms with Gasteiger partial charge in [-0.15, -0.1) is 13.2 Å². The smallest absolute Gasteiger partial charge is 0.492 e. The fourth-order valence-electron chi connectivity index (χ4n) is 3.05. The van der Waals surface area contributed by atoms with E-state index in [1.807, 2.05) is 16.8 Å². The number of halogens is 4. The number of nitrogens with zero attached hydrogens (tertiary/aromatic N) is 2. The number of rotatable bonds is 3. The van der Waals surface area contributed by atoms with E-state index in [9.17, 15) is 13.2 Å². The van der Waals surface area contributed by atoms with E-state index in [1.165, 1.54) is 12.1 Å². The second-order valence-electron chi connectivity index (χ2n) is 5.70. The number of ether oxygens (including phenoxy) is 2. The highest BCUT2D eigenvalue weighted by atomic mass is 79.9. The standard InChI is InChI=1S/C18H12BrF3N2O2/c19-15-9-14(11-1-3-12(4-2-11)26-18(20,21)22)17-13(5-8-25-17)16(15)24-7-6-23-10-24/h1-4,6-7,9-10H,5,8H2. The van der Waals surface area contributed by atoms with E-state index in [2.05, 4.69) is 25.7 Å². The van der Waals surface area contributed by atoms with Gasteiger partial charge in [0.2, 0.25) is 0 Å². The van der Waals surface area contributed by atoms with E-state index >= 15 is 0 Å². The lowest BCUT2D eigenvalue weighted by molar-refractivity contribution is -0.274. The zero-order valence-electron chi connectivity index (χ0n) is 13.3. The van der Waals surface area contributed by atoms with Crippen molar-refractivity contribution in [3.05, 3.63) is 59.1 Å². The van der Waals surface area contributed by atoms with Gasteiger partial charge in [-0.25, -0.2) is 4.98 Å². The van der Waals surface area contributed by atoms with Crippen LogP contribution in [0.2, 0.25) is 0 Å². The Balaban J connectivity index is 1.77. The summed E-state index contributed by atoms with van der Waals surface area (Å²) in [5.41, 5.74) is 3.54. The van der Waals surface area contributed by atoms with Gasteiger partial charge in [0.05, 0.1) is 18.6 Å². The Morgan fingerprint density at radius 1 is 1.19 bits per heavy atom. The zero-order valence-corrected chi connectivity index (χ0v) is 14.8. The fraction of sp³-hybridized carbons (Fsp3) is 0.167. The summed E-state index contributed by atoms with van der Waals surface area (Å²) in [5.74, 6) is 0.481. The van der Waals surface area contributed by atoms with Crippen LogP contribution in [0, 0.1) is 0 Å². The van der Waals surface area contributed by atoms with Gasteiger partial charge in [-0.1, -0.05) is 12.1 Å². The minimum atomic E-state index is -4.71. The molecule has 4 nitrogen and oxygen atoms in total. The van der Waals surface area contributed by atoms with E-state index in [1.54, 1.807) is 24.7 Å². The number of hydrogen-bond donors (Lipinski definition) is 0. The van der Waals surface area contributed by atoms with Crippen LogP contribution in [-0.2, 0) is 6.42 Å². The Bertz CT molecular complexity index is 939. The van der Waals surface area contributed by atoms with E-state index in [0.717, 1.165) is 39.0 Å². The van der Waals surface area contributed by atoms with Crippen LogP contribution < -0.4 is 9.47 Å².